The van der Waals surface area contributed by atoms with Crippen molar-refractivity contribution in [1.82, 2.24) is 4.98 Å². The van der Waals surface area contributed by atoms with Crippen molar-refractivity contribution < 1.29 is 19.7 Å². The van der Waals surface area contributed by atoms with Crippen molar-refractivity contribution in [3.05, 3.63) is 65.5 Å². The molecule has 208 valence electrons. The van der Waals surface area contributed by atoms with Gasteiger partial charge in [-0.15, -0.1) is 0 Å². The third-order valence-corrected chi connectivity index (χ3v) is 10.5. The Balaban J connectivity index is 1.32. The van der Waals surface area contributed by atoms with Crippen LogP contribution in [-0.2, 0) is 11.8 Å². The molecule has 0 bridgehead atoms. The number of oxazole rings is 1. The number of aliphatic hydroxyl groups excluding tert-OH is 3. The first-order valence-electron chi connectivity index (χ1n) is 14.8. The summed E-state index contributed by atoms with van der Waals surface area (Å²) >= 11 is 0. The predicted octanol–water partition coefficient (Wildman–Crippen LogP) is 6.35. The molecule has 5 nitrogen and oxygen atoms in total. The average Bonchev–Trinajstić information content (AvgIpc) is 3.38. The fourth-order valence-electron chi connectivity index (χ4n) is 8.04. The summed E-state index contributed by atoms with van der Waals surface area (Å²) in [5.41, 5.74) is 3.04. The van der Waals surface area contributed by atoms with E-state index >= 15 is 0 Å². The Morgan fingerprint density at radius 1 is 1.21 bits per heavy atom. The predicted molar refractivity (Wildman–Crippen MR) is 150 cm³/mol. The normalized spacial score (nSPS) is 36.2. The molecular formula is C33H47NO4. The second kappa shape index (κ2) is 10.2. The number of allylic oxidation sites excluding steroid dienone is 4. The standard InChI is InChI=1S/C33H47NO4/c1-6-25-20-34-30(38-25)33(16-17-33)29(37)13-15-31(3,4)28-12-11-26-22(8-7-14-32(26,28)5)9-10-23-18-24(35)19-27(36)21(23)2/h9-10,13,15,20,24,26-29,35-37H,2,6-8,11-12,14,16-19H2,1,3-5H3/b15-13+,22-9+,23-10-/t24-,26+,27+,28-,29+,32+/m1/s1. The summed E-state index contributed by atoms with van der Waals surface area (Å²) in [4.78, 5) is 4.50. The molecule has 38 heavy (non-hydrogen) atoms. The summed E-state index contributed by atoms with van der Waals surface area (Å²) in [5.74, 6) is 2.63. The molecule has 0 amide bonds. The largest absolute Gasteiger partial charge is 0.445 e. The van der Waals surface area contributed by atoms with Crippen molar-refractivity contribution in [3.8, 4) is 0 Å². The van der Waals surface area contributed by atoms with Crippen LogP contribution in [0.5, 0.6) is 0 Å². The lowest BCUT2D eigenvalue weighted by Crippen LogP contribution is -2.39. The first kappa shape index (κ1) is 27.6. The molecule has 4 aliphatic carbocycles. The Labute approximate surface area is 228 Å². The van der Waals surface area contributed by atoms with Gasteiger partial charge in [0.05, 0.1) is 29.9 Å². The molecule has 5 heteroatoms. The van der Waals surface area contributed by atoms with Gasteiger partial charge in [-0.1, -0.05) is 64.2 Å². The molecule has 3 N–H and O–H groups in total. The quantitative estimate of drug-likeness (QED) is 0.364. The molecule has 0 aliphatic heterocycles. The molecule has 0 radical (unpaired) electrons. The third-order valence-electron chi connectivity index (χ3n) is 10.5. The molecule has 0 spiro atoms. The lowest BCUT2D eigenvalue weighted by Gasteiger charge is -2.47. The maximum atomic E-state index is 11.2. The lowest BCUT2D eigenvalue weighted by molar-refractivity contribution is 0.0705. The summed E-state index contributed by atoms with van der Waals surface area (Å²) < 4.78 is 5.95. The summed E-state index contributed by atoms with van der Waals surface area (Å²) in [6.45, 7) is 13.3. The van der Waals surface area contributed by atoms with E-state index in [1.54, 1.807) is 6.20 Å². The van der Waals surface area contributed by atoms with E-state index in [0.717, 1.165) is 42.6 Å². The van der Waals surface area contributed by atoms with E-state index in [0.29, 0.717) is 30.6 Å². The maximum Gasteiger partial charge on any atom is 0.203 e. The van der Waals surface area contributed by atoms with Crippen LogP contribution in [0.15, 0.2) is 58.2 Å². The van der Waals surface area contributed by atoms with Crippen LogP contribution in [0.1, 0.15) is 97.1 Å². The van der Waals surface area contributed by atoms with Crippen molar-refractivity contribution in [2.75, 3.05) is 0 Å². The third kappa shape index (κ3) is 4.91. The number of aryl methyl sites for hydroxylation is 1. The van der Waals surface area contributed by atoms with Gasteiger partial charge < -0.3 is 19.7 Å². The van der Waals surface area contributed by atoms with Crippen LogP contribution in [0.3, 0.4) is 0 Å². The Morgan fingerprint density at radius 2 is 1.97 bits per heavy atom. The first-order valence-corrected chi connectivity index (χ1v) is 14.8. The number of aliphatic hydroxyl groups is 3. The van der Waals surface area contributed by atoms with Gasteiger partial charge in [-0.05, 0) is 85.2 Å². The molecule has 5 rings (SSSR count). The minimum Gasteiger partial charge on any atom is -0.445 e. The van der Waals surface area contributed by atoms with E-state index in [2.05, 4.69) is 57.5 Å². The van der Waals surface area contributed by atoms with Crippen LogP contribution in [0.4, 0.5) is 0 Å². The van der Waals surface area contributed by atoms with Crippen molar-refractivity contribution in [3.63, 3.8) is 0 Å². The van der Waals surface area contributed by atoms with Gasteiger partial charge in [0.15, 0.2) is 0 Å². The summed E-state index contributed by atoms with van der Waals surface area (Å²) in [6, 6.07) is 0. The Kier molecular flexibility index (Phi) is 7.43. The highest BCUT2D eigenvalue weighted by Gasteiger charge is 2.55. The molecule has 4 saturated carbocycles. The van der Waals surface area contributed by atoms with Crippen LogP contribution in [-0.4, -0.2) is 38.6 Å². The molecular weight excluding hydrogens is 474 g/mol. The summed E-state index contributed by atoms with van der Waals surface area (Å²) in [7, 11) is 0. The van der Waals surface area contributed by atoms with Gasteiger partial charge >= 0.3 is 0 Å². The Bertz CT molecular complexity index is 1140. The second-order valence-electron chi connectivity index (χ2n) is 13.4. The van der Waals surface area contributed by atoms with E-state index in [-0.39, 0.29) is 16.2 Å². The Hall–Kier alpha value is -1.95. The van der Waals surface area contributed by atoms with E-state index in [1.165, 1.54) is 31.3 Å². The number of aromatic nitrogens is 1. The molecule has 1 aromatic heterocycles. The van der Waals surface area contributed by atoms with Gasteiger partial charge in [0.1, 0.15) is 5.76 Å². The molecule has 4 aliphatic rings. The molecule has 0 aromatic carbocycles. The van der Waals surface area contributed by atoms with Crippen molar-refractivity contribution in [1.29, 1.82) is 0 Å². The zero-order valence-electron chi connectivity index (χ0n) is 23.7. The molecule has 1 aromatic rings. The smallest absolute Gasteiger partial charge is 0.203 e. The van der Waals surface area contributed by atoms with Crippen LogP contribution in [0.25, 0.3) is 0 Å². The number of rotatable bonds is 7. The van der Waals surface area contributed by atoms with Gasteiger partial charge in [-0.3, -0.25) is 0 Å². The molecule has 0 unspecified atom stereocenters. The summed E-state index contributed by atoms with van der Waals surface area (Å²) in [5, 5.41) is 31.6. The number of hydrogen-bond acceptors (Lipinski definition) is 5. The number of fused-ring (bicyclic) bond motifs is 1. The van der Waals surface area contributed by atoms with Gasteiger partial charge in [0.2, 0.25) is 5.89 Å². The molecule has 0 saturated heterocycles. The highest BCUT2D eigenvalue weighted by Crippen LogP contribution is 2.62. The first-order chi connectivity index (χ1) is 18.0. The molecule has 6 atom stereocenters. The zero-order chi connectivity index (χ0) is 27.3. The van der Waals surface area contributed by atoms with E-state index < -0.39 is 18.3 Å². The highest BCUT2D eigenvalue weighted by atomic mass is 16.4. The van der Waals surface area contributed by atoms with E-state index in [4.69, 9.17) is 4.42 Å². The second-order valence-corrected chi connectivity index (χ2v) is 13.4. The molecule has 1 heterocycles. The van der Waals surface area contributed by atoms with Crippen molar-refractivity contribution in [2.24, 2.45) is 22.7 Å². The van der Waals surface area contributed by atoms with E-state index in [1.807, 2.05) is 6.08 Å². The van der Waals surface area contributed by atoms with Gasteiger partial charge in [-0.2, -0.15) is 0 Å². The van der Waals surface area contributed by atoms with Crippen LogP contribution < -0.4 is 0 Å². The SMILES string of the molecule is C=C1/C(=C\C=C2/CCC[C@]3(C)[C@@H](C(C)(C)/C=C/[C@H](O)C4(c5ncc(CC)o5)CC4)CC[C@@H]23)C[C@@H](O)C[C@@H]1O. The number of nitrogens with zero attached hydrogens (tertiary/aromatic N) is 1. The van der Waals surface area contributed by atoms with Crippen molar-refractivity contribution in [2.45, 2.75) is 116 Å². The lowest BCUT2D eigenvalue weighted by atomic mass is 9.57. The van der Waals surface area contributed by atoms with Gasteiger partial charge in [-0.25, -0.2) is 4.98 Å². The van der Waals surface area contributed by atoms with Gasteiger partial charge in [0, 0.05) is 12.8 Å². The minimum atomic E-state index is -0.647. The molecule has 4 fully saturated rings. The van der Waals surface area contributed by atoms with Crippen LogP contribution in [0.2, 0.25) is 0 Å². The highest BCUT2D eigenvalue weighted by molar-refractivity contribution is 5.39. The summed E-state index contributed by atoms with van der Waals surface area (Å²) in [6.07, 6.45) is 18.2. The van der Waals surface area contributed by atoms with Crippen LogP contribution in [0, 0.1) is 22.7 Å². The fourth-order valence-corrected chi connectivity index (χ4v) is 8.04. The van der Waals surface area contributed by atoms with Gasteiger partial charge in [0.25, 0.3) is 0 Å². The van der Waals surface area contributed by atoms with Crippen molar-refractivity contribution >= 4 is 0 Å². The topological polar surface area (TPSA) is 86.7 Å². The fraction of sp³-hybridized carbons (Fsp3) is 0.667. The monoisotopic (exact) mass is 521 g/mol. The Morgan fingerprint density at radius 3 is 2.66 bits per heavy atom. The maximum absolute atomic E-state index is 11.2. The number of hydrogen-bond donors (Lipinski definition) is 3. The van der Waals surface area contributed by atoms with Crippen LogP contribution >= 0.6 is 0 Å². The average molecular weight is 522 g/mol. The minimum absolute atomic E-state index is 0.0431. The van der Waals surface area contributed by atoms with E-state index in [9.17, 15) is 15.3 Å². The zero-order valence-corrected chi connectivity index (χ0v) is 23.7.